The number of carbonyl (C=O) groups excluding carboxylic acids is 1. The van der Waals surface area contributed by atoms with E-state index in [0.717, 1.165) is 11.8 Å². The number of nitriles is 1. The Kier molecular flexibility index (Phi) is 8.59. The van der Waals surface area contributed by atoms with Crippen molar-refractivity contribution in [3.8, 4) is 6.07 Å². The number of nitrogens with zero attached hydrogens (tertiary/aromatic N) is 3. The number of anilines is 4. The maximum absolute atomic E-state index is 14.5. The van der Waals surface area contributed by atoms with Crippen molar-refractivity contribution in [1.82, 2.24) is 14.7 Å². The van der Waals surface area contributed by atoms with Gasteiger partial charge in [-0.1, -0.05) is 24.6 Å². The molecule has 0 unspecified atom stereocenters. The van der Waals surface area contributed by atoms with Gasteiger partial charge in [-0.05, 0) is 54.7 Å². The van der Waals surface area contributed by atoms with E-state index in [1.165, 1.54) is 6.07 Å². The first-order valence-corrected chi connectivity index (χ1v) is 12.5. The summed E-state index contributed by atoms with van der Waals surface area (Å²) in [6.07, 6.45) is 2.28. The number of nitrogens with one attached hydrogen (secondary N) is 3. The third kappa shape index (κ3) is 5.63. The number of hydrogen-bond acceptors (Lipinski definition) is 8. The van der Waals surface area contributed by atoms with Crippen LogP contribution in [0.5, 0.6) is 0 Å². The van der Waals surface area contributed by atoms with Crippen molar-refractivity contribution < 1.29 is 48.6 Å². The predicted molar refractivity (Wildman–Crippen MR) is 130 cm³/mol. The Bertz CT molecular complexity index is 1520. The number of amides is 1. The van der Waals surface area contributed by atoms with Gasteiger partial charge in [-0.2, -0.15) is 10.2 Å². The van der Waals surface area contributed by atoms with Crippen molar-refractivity contribution in [1.29, 1.82) is 5.26 Å². The van der Waals surface area contributed by atoms with Gasteiger partial charge in [-0.3, -0.25) is 4.79 Å². The second-order valence-corrected chi connectivity index (χ2v) is 9.89. The molecule has 1 amide bonds. The fourth-order valence-corrected chi connectivity index (χ4v) is 5.38. The molecule has 2 aliphatic rings. The Balaban J connectivity index is 0.00000241. The van der Waals surface area contributed by atoms with Gasteiger partial charge in [0.05, 0.1) is 21.7 Å². The van der Waals surface area contributed by atoms with Crippen molar-refractivity contribution in [3.05, 3.63) is 63.6 Å². The molecule has 182 valence electrons. The fourth-order valence-electron chi connectivity index (χ4n) is 3.69. The molecule has 9 nitrogen and oxygen atoms in total. The number of aromatic nitrogens is 2. The Morgan fingerprint density at radius 2 is 2.03 bits per heavy atom. The SMILES string of the molecule is CCC(=O)NS(=O)(=O)c1cc(Nc2ncc(F)c(Nc3cc4c(C#N)c(Cl)c3CC4)n2)ccc1C.[H-].[Na+]. The molecule has 0 saturated carbocycles. The van der Waals surface area contributed by atoms with E-state index in [2.05, 4.69) is 26.7 Å². The number of carbonyl (C=O) groups is 1. The zero-order chi connectivity index (χ0) is 25.3. The van der Waals surface area contributed by atoms with E-state index in [9.17, 15) is 22.9 Å². The molecule has 36 heavy (non-hydrogen) atoms. The minimum Gasteiger partial charge on any atom is -1.00 e. The van der Waals surface area contributed by atoms with Crippen molar-refractivity contribution in [2.24, 2.45) is 0 Å². The van der Waals surface area contributed by atoms with Gasteiger partial charge in [0.1, 0.15) is 6.07 Å². The molecule has 1 aromatic heterocycles. The van der Waals surface area contributed by atoms with Crippen molar-refractivity contribution in [2.75, 3.05) is 10.6 Å². The first-order valence-electron chi connectivity index (χ1n) is 10.6. The molecule has 13 heteroatoms. The molecular formula is C23H21ClFN6NaO3S. The number of sulfonamides is 1. The molecule has 2 aliphatic carbocycles. The van der Waals surface area contributed by atoms with Crippen LogP contribution in [-0.2, 0) is 27.7 Å². The van der Waals surface area contributed by atoms with Crippen LogP contribution in [0.2, 0.25) is 5.02 Å². The first kappa shape index (κ1) is 27.8. The molecule has 0 fully saturated rings. The summed E-state index contributed by atoms with van der Waals surface area (Å²) in [6, 6.07) is 8.35. The second-order valence-electron chi connectivity index (χ2n) is 7.87. The summed E-state index contributed by atoms with van der Waals surface area (Å²) < 4.78 is 41.7. The van der Waals surface area contributed by atoms with Crippen LogP contribution < -0.4 is 44.9 Å². The third-order valence-electron chi connectivity index (χ3n) is 5.51. The molecule has 0 atom stereocenters. The monoisotopic (exact) mass is 538 g/mol. The van der Waals surface area contributed by atoms with Gasteiger partial charge in [0, 0.05) is 17.8 Å². The van der Waals surface area contributed by atoms with Crippen LogP contribution >= 0.6 is 11.6 Å². The summed E-state index contributed by atoms with van der Waals surface area (Å²) in [7, 11) is -4.07. The standard InChI is InChI=1S/C23H20ClFN6O3S.Na.H/c1-3-20(32)31-35(33,34)19-9-14(6-4-12(19)2)28-23-27-11-17(25)22(30-23)29-18-8-13-5-7-15(18)21(24)16(13)10-26;;/h4,6,8-9,11H,3,5,7H2,1-2H3,(H,31,32)(H2,27,28,29,30);;/q;+1;-1. The molecule has 3 aromatic rings. The molecule has 2 aromatic carbocycles. The van der Waals surface area contributed by atoms with Crippen LogP contribution in [0.3, 0.4) is 0 Å². The average Bonchev–Trinajstić information content (AvgIpc) is 2.82. The van der Waals surface area contributed by atoms with Crippen LogP contribution in [-0.4, -0.2) is 24.3 Å². The summed E-state index contributed by atoms with van der Waals surface area (Å²) in [5.41, 5.74) is 3.20. The Labute approximate surface area is 236 Å². The normalized spacial score (nSPS) is 11.9. The fraction of sp³-hybridized carbons (Fsp3) is 0.217. The van der Waals surface area contributed by atoms with E-state index in [1.807, 2.05) is 4.72 Å². The number of benzene rings is 2. The summed E-state index contributed by atoms with van der Waals surface area (Å²) in [4.78, 5) is 19.6. The maximum Gasteiger partial charge on any atom is 1.00 e. The van der Waals surface area contributed by atoms with E-state index >= 15 is 0 Å². The molecule has 2 bridgehead atoms. The molecule has 0 saturated heterocycles. The molecular weight excluding hydrogens is 518 g/mol. The molecule has 1 heterocycles. The topological polar surface area (TPSA) is 137 Å². The molecule has 0 aliphatic heterocycles. The first-order chi connectivity index (χ1) is 16.6. The van der Waals surface area contributed by atoms with Crippen LogP contribution in [0.4, 0.5) is 27.5 Å². The van der Waals surface area contributed by atoms with Crippen LogP contribution in [0.15, 0.2) is 35.4 Å². The van der Waals surface area contributed by atoms with Gasteiger partial charge in [0.2, 0.25) is 11.9 Å². The van der Waals surface area contributed by atoms with E-state index in [-0.39, 0.29) is 54.1 Å². The number of hydrogen-bond donors (Lipinski definition) is 3. The van der Waals surface area contributed by atoms with Crippen molar-refractivity contribution >= 4 is 50.7 Å². The van der Waals surface area contributed by atoms with Gasteiger partial charge in [0.25, 0.3) is 10.0 Å². The minimum atomic E-state index is -4.07. The van der Waals surface area contributed by atoms with Gasteiger partial charge in [0.15, 0.2) is 11.6 Å². The van der Waals surface area contributed by atoms with E-state index in [1.54, 1.807) is 32.0 Å². The van der Waals surface area contributed by atoms with E-state index in [0.29, 0.717) is 45.9 Å². The van der Waals surface area contributed by atoms with Crippen LogP contribution in [0, 0.1) is 24.1 Å². The Morgan fingerprint density at radius 3 is 2.69 bits per heavy atom. The number of halogens is 2. The summed E-state index contributed by atoms with van der Waals surface area (Å²) in [5, 5.41) is 15.4. The van der Waals surface area contributed by atoms with Crippen molar-refractivity contribution in [3.63, 3.8) is 0 Å². The maximum atomic E-state index is 14.5. The molecule has 0 spiro atoms. The summed E-state index contributed by atoms with van der Waals surface area (Å²) in [6.45, 7) is 3.15. The van der Waals surface area contributed by atoms with Crippen LogP contribution in [0.1, 0.15) is 37.0 Å². The van der Waals surface area contributed by atoms with E-state index in [4.69, 9.17) is 11.6 Å². The molecule has 0 radical (unpaired) electrons. The third-order valence-corrected chi connectivity index (χ3v) is 7.44. The zero-order valence-corrected chi connectivity index (χ0v) is 23.3. The smallest absolute Gasteiger partial charge is 1.00 e. The van der Waals surface area contributed by atoms with Gasteiger partial charge >= 0.3 is 29.6 Å². The second kappa shape index (κ2) is 11.1. The van der Waals surface area contributed by atoms with Crippen LogP contribution in [0.25, 0.3) is 0 Å². The number of rotatable bonds is 7. The number of fused-ring (bicyclic) bond motifs is 3. The zero-order valence-electron chi connectivity index (χ0n) is 20.7. The number of aryl methyl sites for hydroxylation is 2. The van der Waals surface area contributed by atoms with E-state index < -0.39 is 21.7 Å². The predicted octanol–water partition coefficient (Wildman–Crippen LogP) is 1.37. The summed E-state index contributed by atoms with van der Waals surface area (Å²) in [5.74, 6) is -1.44. The minimum absolute atomic E-state index is 0. The quantitative estimate of drug-likeness (QED) is 0.384. The average molecular weight is 539 g/mol. The Hall–Kier alpha value is -2.75. The van der Waals surface area contributed by atoms with Gasteiger partial charge in [-0.25, -0.2) is 22.5 Å². The summed E-state index contributed by atoms with van der Waals surface area (Å²) >= 11 is 6.33. The van der Waals surface area contributed by atoms with Gasteiger partial charge < -0.3 is 12.1 Å². The molecule has 5 rings (SSSR count). The van der Waals surface area contributed by atoms with Crippen molar-refractivity contribution in [2.45, 2.75) is 38.0 Å². The Morgan fingerprint density at radius 1 is 1.28 bits per heavy atom. The largest absolute Gasteiger partial charge is 1.00 e. The molecule has 3 N–H and O–H groups in total. The van der Waals surface area contributed by atoms with Gasteiger partial charge in [-0.15, -0.1) is 0 Å².